The van der Waals surface area contributed by atoms with Crippen molar-refractivity contribution in [3.8, 4) is 0 Å². The predicted octanol–water partition coefficient (Wildman–Crippen LogP) is 1.69. The molecular formula is C15H14F3N7O. The number of halogens is 3. The van der Waals surface area contributed by atoms with Crippen molar-refractivity contribution in [3.63, 3.8) is 0 Å². The lowest BCUT2D eigenvalue weighted by Gasteiger charge is -2.19. The van der Waals surface area contributed by atoms with Gasteiger partial charge in [-0.25, -0.2) is 15.8 Å². The number of nitrogens with two attached hydrogens (primary N) is 2. The first-order valence-corrected chi connectivity index (χ1v) is 7.32. The van der Waals surface area contributed by atoms with Crippen LogP contribution >= 0.6 is 0 Å². The lowest BCUT2D eigenvalue weighted by molar-refractivity contribution is -0.167. The van der Waals surface area contributed by atoms with Crippen LogP contribution in [0.5, 0.6) is 0 Å². The van der Waals surface area contributed by atoms with Crippen molar-refractivity contribution in [3.05, 3.63) is 48.4 Å². The largest absolute Gasteiger partial charge is 0.471 e. The molecule has 8 nitrogen and oxygen atoms in total. The third-order valence-electron chi connectivity index (χ3n) is 3.45. The second-order valence-corrected chi connectivity index (χ2v) is 5.42. The molecule has 0 spiro atoms. The SMILES string of the molecule is Nc1cccnc1N(N)Cc1ccc2nc(NC(=O)C(F)(F)F)cn2c1. The van der Waals surface area contributed by atoms with Crippen LogP contribution in [0.2, 0.25) is 0 Å². The number of hydrogen-bond donors (Lipinski definition) is 3. The van der Waals surface area contributed by atoms with Gasteiger partial charge in [0.25, 0.3) is 0 Å². The number of carbonyl (C=O) groups excluding carboxylic acids is 1. The summed E-state index contributed by atoms with van der Waals surface area (Å²) in [6.45, 7) is 0.250. The Labute approximate surface area is 145 Å². The van der Waals surface area contributed by atoms with Gasteiger partial charge in [0.15, 0.2) is 11.6 Å². The Kier molecular flexibility index (Phi) is 4.38. The molecule has 0 radical (unpaired) electrons. The second kappa shape index (κ2) is 6.52. The zero-order valence-electron chi connectivity index (χ0n) is 13.2. The van der Waals surface area contributed by atoms with E-state index in [1.54, 1.807) is 42.0 Å². The molecule has 0 aliphatic carbocycles. The van der Waals surface area contributed by atoms with Gasteiger partial charge in [-0.1, -0.05) is 6.07 Å². The number of nitrogens with one attached hydrogen (secondary N) is 1. The highest BCUT2D eigenvalue weighted by Gasteiger charge is 2.39. The summed E-state index contributed by atoms with van der Waals surface area (Å²) in [5.41, 5.74) is 7.33. The van der Waals surface area contributed by atoms with E-state index >= 15 is 0 Å². The minimum atomic E-state index is -4.98. The monoisotopic (exact) mass is 365 g/mol. The maximum Gasteiger partial charge on any atom is 0.471 e. The number of aromatic nitrogens is 3. The van der Waals surface area contributed by atoms with Gasteiger partial charge in [-0.3, -0.25) is 9.80 Å². The highest BCUT2D eigenvalue weighted by atomic mass is 19.4. The van der Waals surface area contributed by atoms with Crippen molar-refractivity contribution in [2.45, 2.75) is 12.7 Å². The van der Waals surface area contributed by atoms with Crippen LogP contribution in [-0.2, 0) is 11.3 Å². The van der Waals surface area contributed by atoms with Gasteiger partial charge in [-0.15, -0.1) is 0 Å². The van der Waals surface area contributed by atoms with Gasteiger partial charge >= 0.3 is 12.1 Å². The van der Waals surface area contributed by atoms with E-state index < -0.39 is 12.1 Å². The summed E-state index contributed by atoms with van der Waals surface area (Å²) in [5, 5.41) is 3.05. The quantitative estimate of drug-likeness (QED) is 0.479. The first-order chi connectivity index (χ1) is 12.2. The topological polar surface area (TPSA) is 115 Å². The van der Waals surface area contributed by atoms with Gasteiger partial charge in [0.1, 0.15) is 5.65 Å². The van der Waals surface area contributed by atoms with E-state index in [0.29, 0.717) is 17.2 Å². The summed E-state index contributed by atoms with van der Waals surface area (Å²) >= 11 is 0. The molecule has 3 aromatic heterocycles. The molecule has 3 aromatic rings. The smallest absolute Gasteiger partial charge is 0.396 e. The molecule has 136 valence electrons. The molecule has 0 aliphatic rings. The molecule has 0 aliphatic heterocycles. The Morgan fingerprint density at radius 1 is 1.27 bits per heavy atom. The predicted molar refractivity (Wildman–Crippen MR) is 88.9 cm³/mol. The summed E-state index contributed by atoms with van der Waals surface area (Å²) in [6, 6.07) is 6.64. The lowest BCUT2D eigenvalue weighted by Crippen LogP contribution is -2.31. The first kappa shape index (κ1) is 17.5. The fourth-order valence-corrected chi connectivity index (χ4v) is 2.30. The van der Waals surface area contributed by atoms with Gasteiger partial charge in [-0.2, -0.15) is 13.2 Å². The molecule has 0 fully saturated rings. The molecule has 0 aromatic carbocycles. The van der Waals surface area contributed by atoms with Crippen LogP contribution in [0.1, 0.15) is 5.56 Å². The highest BCUT2D eigenvalue weighted by Crippen LogP contribution is 2.20. The number of fused-ring (bicyclic) bond motifs is 1. The standard InChI is InChI=1S/C15H14F3N7O/c16-15(17,18)14(26)23-11-8-24-6-9(3-4-12(24)22-11)7-25(20)13-10(19)2-1-5-21-13/h1-6,8H,7,19-20H2,(H,23,26). The summed E-state index contributed by atoms with van der Waals surface area (Å²) in [4.78, 5) is 19.0. The van der Waals surface area contributed by atoms with Crippen LogP contribution < -0.4 is 21.9 Å². The minimum Gasteiger partial charge on any atom is -0.396 e. The maximum atomic E-state index is 12.3. The highest BCUT2D eigenvalue weighted by molar-refractivity contribution is 5.94. The maximum absolute atomic E-state index is 12.3. The Hall–Kier alpha value is -3.34. The number of imidazole rings is 1. The Morgan fingerprint density at radius 2 is 2.04 bits per heavy atom. The molecule has 1 amide bonds. The fourth-order valence-electron chi connectivity index (χ4n) is 2.30. The zero-order valence-corrected chi connectivity index (χ0v) is 13.2. The number of carbonyl (C=O) groups is 1. The van der Waals surface area contributed by atoms with Crippen LogP contribution in [0.15, 0.2) is 42.9 Å². The summed E-state index contributed by atoms with van der Waals surface area (Å²) in [5.74, 6) is 4.09. The molecule has 0 bridgehead atoms. The van der Waals surface area contributed by atoms with Gasteiger partial charge in [0.05, 0.1) is 18.4 Å². The minimum absolute atomic E-state index is 0.206. The van der Waals surface area contributed by atoms with E-state index in [-0.39, 0.29) is 12.4 Å². The normalized spacial score (nSPS) is 11.5. The number of rotatable bonds is 4. The van der Waals surface area contributed by atoms with Crippen LogP contribution in [0.25, 0.3) is 5.65 Å². The van der Waals surface area contributed by atoms with E-state index in [9.17, 15) is 18.0 Å². The molecule has 0 saturated heterocycles. The molecule has 0 atom stereocenters. The molecule has 5 N–H and O–H groups in total. The summed E-state index contributed by atoms with van der Waals surface area (Å²) in [6.07, 6.45) is -0.521. The molecular weight excluding hydrogens is 351 g/mol. The van der Waals surface area contributed by atoms with Crippen molar-refractivity contribution < 1.29 is 18.0 Å². The number of nitrogens with zero attached hydrogens (tertiary/aromatic N) is 4. The molecule has 26 heavy (non-hydrogen) atoms. The number of anilines is 3. The van der Waals surface area contributed by atoms with Crippen molar-refractivity contribution in [1.82, 2.24) is 14.4 Å². The third kappa shape index (κ3) is 3.67. The number of alkyl halides is 3. The average molecular weight is 365 g/mol. The molecule has 0 unspecified atom stereocenters. The van der Waals surface area contributed by atoms with Crippen LogP contribution in [0.3, 0.4) is 0 Å². The number of amides is 1. The van der Waals surface area contributed by atoms with E-state index in [0.717, 1.165) is 5.56 Å². The molecule has 0 saturated carbocycles. The Morgan fingerprint density at radius 3 is 2.73 bits per heavy atom. The van der Waals surface area contributed by atoms with E-state index in [2.05, 4.69) is 9.97 Å². The Bertz CT molecular complexity index is 954. The molecule has 11 heteroatoms. The number of hydrogen-bond acceptors (Lipinski definition) is 6. The van der Waals surface area contributed by atoms with Crippen molar-refractivity contribution in [2.75, 3.05) is 16.1 Å². The van der Waals surface area contributed by atoms with Crippen LogP contribution in [-0.4, -0.2) is 26.5 Å². The second-order valence-electron chi connectivity index (χ2n) is 5.42. The van der Waals surface area contributed by atoms with E-state index in [4.69, 9.17) is 11.6 Å². The number of pyridine rings is 2. The molecule has 3 heterocycles. The van der Waals surface area contributed by atoms with Crippen molar-refractivity contribution in [2.24, 2.45) is 5.84 Å². The number of hydrazine groups is 1. The average Bonchev–Trinajstić information content (AvgIpc) is 2.95. The zero-order chi connectivity index (χ0) is 18.9. The van der Waals surface area contributed by atoms with Crippen LogP contribution in [0, 0.1) is 0 Å². The summed E-state index contributed by atoms with van der Waals surface area (Å²) < 4.78 is 38.4. The lowest BCUT2D eigenvalue weighted by atomic mass is 10.2. The third-order valence-corrected chi connectivity index (χ3v) is 3.45. The molecule has 3 rings (SSSR count). The summed E-state index contributed by atoms with van der Waals surface area (Å²) in [7, 11) is 0. The van der Waals surface area contributed by atoms with Gasteiger partial charge < -0.3 is 15.5 Å². The number of nitrogen functional groups attached to an aromatic ring is 1. The van der Waals surface area contributed by atoms with Gasteiger partial charge in [-0.05, 0) is 23.8 Å². The van der Waals surface area contributed by atoms with Gasteiger partial charge in [0.2, 0.25) is 0 Å². The van der Waals surface area contributed by atoms with Gasteiger partial charge in [0, 0.05) is 12.4 Å². The fraction of sp³-hybridized carbons (Fsp3) is 0.133. The van der Waals surface area contributed by atoms with Crippen molar-refractivity contribution in [1.29, 1.82) is 0 Å². The van der Waals surface area contributed by atoms with Crippen molar-refractivity contribution >= 4 is 28.9 Å². The van der Waals surface area contributed by atoms with E-state index in [1.807, 2.05) is 0 Å². The Balaban J connectivity index is 1.79. The van der Waals surface area contributed by atoms with Crippen LogP contribution in [0.4, 0.5) is 30.5 Å². The first-order valence-electron chi connectivity index (χ1n) is 7.32. The van der Waals surface area contributed by atoms with E-state index in [1.165, 1.54) is 15.6 Å².